The molecule has 0 saturated carbocycles. The molecule has 0 aliphatic rings. The van der Waals surface area contributed by atoms with Gasteiger partial charge in [0.15, 0.2) is 5.65 Å². The molecule has 3 aromatic rings. The van der Waals surface area contributed by atoms with Gasteiger partial charge in [-0.15, -0.1) is 0 Å². The third-order valence-corrected chi connectivity index (χ3v) is 2.90. The van der Waals surface area contributed by atoms with Crippen molar-refractivity contribution >= 4 is 16.7 Å². The van der Waals surface area contributed by atoms with E-state index in [2.05, 4.69) is 35.4 Å². The third kappa shape index (κ3) is 1.68. The van der Waals surface area contributed by atoms with Gasteiger partial charge in [-0.25, -0.2) is 9.97 Å². The molecule has 0 amide bonds. The Hall–Kier alpha value is -1.90. The molecule has 0 atom stereocenters. The Kier molecular flexibility index (Phi) is 2.32. The molecule has 0 aliphatic carbocycles. The summed E-state index contributed by atoms with van der Waals surface area (Å²) in [5, 5.41) is 0. The smallest absolute Gasteiger partial charge is 0.159 e. The zero-order valence-corrected chi connectivity index (χ0v) is 10.1. The van der Waals surface area contributed by atoms with Crippen molar-refractivity contribution in [2.45, 2.75) is 20.3 Å². The van der Waals surface area contributed by atoms with E-state index in [-0.39, 0.29) is 0 Å². The predicted molar refractivity (Wildman–Crippen MR) is 69.0 cm³/mol. The van der Waals surface area contributed by atoms with Gasteiger partial charge < -0.3 is 0 Å². The number of para-hydroxylation sites is 2. The number of aromatic nitrogens is 3. The van der Waals surface area contributed by atoms with Crippen LogP contribution in [0.25, 0.3) is 16.7 Å². The second-order valence-corrected chi connectivity index (χ2v) is 4.77. The summed E-state index contributed by atoms with van der Waals surface area (Å²) >= 11 is 0. The molecule has 2 heterocycles. The minimum atomic E-state index is 0.587. The lowest BCUT2D eigenvalue weighted by atomic mass is 10.1. The van der Waals surface area contributed by atoms with Gasteiger partial charge in [-0.1, -0.05) is 26.0 Å². The summed E-state index contributed by atoms with van der Waals surface area (Å²) in [5.41, 5.74) is 4.22. The number of rotatable bonds is 2. The van der Waals surface area contributed by atoms with Gasteiger partial charge in [0, 0.05) is 12.4 Å². The van der Waals surface area contributed by atoms with Gasteiger partial charge in [0.25, 0.3) is 0 Å². The maximum atomic E-state index is 4.73. The summed E-state index contributed by atoms with van der Waals surface area (Å²) in [4.78, 5) is 9.15. The number of hydrogen-bond acceptors (Lipinski definition) is 2. The third-order valence-electron chi connectivity index (χ3n) is 2.90. The van der Waals surface area contributed by atoms with Crippen LogP contribution in [0.3, 0.4) is 0 Å². The zero-order chi connectivity index (χ0) is 11.8. The van der Waals surface area contributed by atoms with Crippen molar-refractivity contribution in [1.82, 2.24) is 14.4 Å². The molecule has 0 N–H and O–H groups in total. The lowest BCUT2D eigenvalue weighted by Gasteiger charge is -2.08. The summed E-state index contributed by atoms with van der Waals surface area (Å²) in [6, 6.07) is 8.19. The van der Waals surface area contributed by atoms with E-state index in [4.69, 9.17) is 4.98 Å². The Morgan fingerprint density at radius 1 is 1.24 bits per heavy atom. The van der Waals surface area contributed by atoms with Crippen molar-refractivity contribution in [3.8, 4) is 0 Å². The first kappa shape index (κ1) is 10.3. The number of imidazole rings is 1. The summed E-state index contributed by atoms with van der Waals surface area (Å²) in [7, 11) is 0. The first-order valence-electron chi connectivity index (χ1n) is 5.96. The average Bonchev–Trinajstić information content (AvgIpc) is 2.78. The van der Waals surface area contributed by atoms with Crippen LogP contribution in [0.4, 0.5) is 0 Å². The van der Waals surface area contributed by atoms with Gasteiger partial charge >= 0.3 is 0 Å². The van der Waals surface area contributed by atoms with E-state index in [9.17, 15) is 0 Å². The van der Waals surface area contributed by atoms with Crippen LogP contribution in [0, 0.1) is 5.92 Å². The fraction of sp³-hybridized carbons (Fsp3) is 0.286. The van der Waals surface area contributed by atoms with Gasteiger partial charge in [0.1, 0.15) is 0 Å². The minimum absolute atomic E-state index is 0.587. The standard InChI is InChI=1S/C14H15N3/c1-10(2)9-12-14-15-7-8-17(14)13-6-4-3-5-11(13)16-12/h3-8,10H,9H2,1-2H3. The van der Waals surface area contributed by atoms with Crippen molar-refractivity contribution in [1.29, 1.82) is 0 Å². The molecule has 0 unspecified atom stereocenters. The Morgan fingerprint density at radius 3 is 2.88 bits per heavy atom. The summed E-state index contributed by atoms with van der Waals surface area (Å²) in [6.07, 6.45) is 4.81. The molecule has 3 rings (SSSR count). The van der Waals surface area contributed by atoms with E-state index in [1.54, 1.807) is 0 Å². The fourth-order valence-electron chi connectivity index (χ4n) is 2.19. The highest BCUT2D eigenvalue weighted by Gasteiger charge is 2.09. The normalized spacial score (nSPS) is 11.7. The van der Waals surface area contributed by atoms with Crippen LogP contribution in [0.1, 0.15) is 19.5 Å². The van der Waals surface area contributed by atoms with Crippen LogP contribution in [0.5, 0.6) is 0 Å². The highest BCUT2D eigenvalue weighted by atomic mass is 15.0. The molecule has 0 aliphatic heterocycles. The van der Waals surface area contributed by atoms with Gasteiger partial charge in [0.05, 0.1) is 16.7 Å². The molecule has 0 saturated heterocycles. The Morgan fingerprint density at radius 2 is 2.06 bits per heavy atom. The van der Waals surface area contributed by atoms with E-state index in [0.29, 0.717) is 5.92 Å². The lowest BCUT2D eigenvalue weighted by Crippen LogP contribution is -2.02. The number of hydrogen-bond donors (Lipinski definition) is 0. The monoisotopic (exact) mass is 225 g/mol. The number of benzene rings is 1. The largest absolute Gasteiger partial charge is 0.297 e. The van der Waals surface area contributed by atoms with Crippen molar-refractivity contribution in [3.63, 3.8) is 0 Å². The number of nitrogens with zero attached hydrogens (tertiary/aromatic N) is 3. The molecule has 0 bridgehead atoms. The second kappa shape index (κ2) is 3.84. The molecular weight excluding hydrogens is 210 g/mol. The zero-order valence-electron chi connectivity index (χ0n) is 10.1. The summed E-state index contributed by atoms with van der Waals surface area (Å²) in [6.45, 7) is 4.41. The molecular formula is C14H15N3. The van der Waals surface area contributed by atoms with Gasteiger partial charge in [-0.3, -0.25) is 4.40 Å². The highest BCUT2D eigenvalue weighted by Crippen LogP contribution is 2.18. The average molecular weight is 225 g/mol. The maximum absolute atomic E-state index is 4.73. The maximum Gasteiger partial charge on any atom is 0.159 e. The molecule has 0 fully saturated rings. The SMILES string of the molecule is CC(C)Cc1nc2ccccc2n2ccnc12. The van der Waals surface area contributed by atoms with Crippen LogP contribution < -0.4 is 0 Å². The second-order valence-electron chi connectivity index (χ2n) is 4.77. The molecule has 0 spiro atoms. The molecule has 3 nitrogen and oxygen atoms in total. The van der Waals surface area contributed by atoms with Crippen molar-refractivity contribution in [2.24, 2.45) is 5.92 Å². The predicted octanol–water partition coefficient (Wildman–Crippen LogP) is 3.08. The van der Waals surface area contributed by atoms with Crippen LogP contribution in [0.2, 0.25) is 0 Å². The molecule has 86 valence electrons. The minimum Gasteiger partial charge on any atom is -0.297 e. The van der Waals surface area contributed by atoms with Gasteiger partial charge in [-0.2, -0.15) is 0 Å². The van der Waals surface area contributed by atoms with Gasteiger partial charge in [-0.05, 0) is 24.5 Å². The highest BCUT2D eigenvalue weighted by molar-refractivity contribution is 5.78. The van der Waals surface area contributed by atoms with Crippen molar-refractivity contribution in [2.75, 3.05) is 0 Å². The first-order valence-corrected chi connectivity index (χ1v) is 5.96. The van der Waals surface area contributed by atoms with Crippen LogP contribution in [-0.4, -0.2) is 14.4 Å². The quantitative estimate of drug-likeness (QED) is 0.671. The van der Waals surface area contributed by atoms with E-state index >= 15 is 0 Å². The number of fused-ring (bicyclic) bond motifs is 3. The topological polar surface area (TPSA) is 30.2 Å². The van der Waals surface area contributed by atoms with Crippen LogP contribution in [0.15, 0.2) is 36.7 Å². The van der Waals surface area contributed by atoms with E-state index in [0.717, 1.165) is 28.8 Å². The Labute approximate surface area is 100 Å². The molecule has 2 aromatic heterocycles. The van der Waals surface area contributed by atoms with E-state index in [1.807, 2.05) is 24.5 Å². The van der Waals surface area contributed by atoms with Crippen LogP contribution >= 0.6 is 0 Å². The fourth-order valence-corrected chi connectivity index (χ4v) is 2.19. The van der Waals surface area contributed by atoms with Crippen molar-refractivity contribution < 1.29 is 0 Å². The lowest BCUT2D eigenvalue weighted by molar-refractivity contribution is 0.638. The summed E-state index contributed by atoms with van der Waals surface area (Å²) < 4.78 is 2.13. The molecule has 1 aromatic carbocycles. The Bertz CT molecular complexity index is 667. The molecule has 0 radical (unpaired) electrons. The molecule has 3 heteroatoms. The molecule has 17 heavy (non-hydrogen) atoms. The van der Waals surface area contributed by atoms with E-state index < -0.39 is 0 Å². The first-order chi connectivity index (χ1) is 8.25. The summed E-state index contributed by atoms with van der Waals surface area (Å²) in [5.74, 6) is 0.587. The van der Waals surface area contributed by atoms with Crippen LogP contribution in [-0.2, 0) is 6.42 Å². The van der Waals surface area contributed by atoms with Crippen molar-refractivity contribution in [3.05, 3.63) is 42.4 Å². The van der Waals surface area contributed by atoms with E-state index in [1.165, 1.54) is 0 Å². The Balaban J connectivity index is 2.35. The van der Waals surface area contributed by atoms with Gasteiger partial charge in [0.2, 0.25) is 0 Å².